The van der Waals surface area contributed by atoms with Crippen molar-refractivity contribution in [1.29, 1.82) is 0 Å². The van der Waals surface area contributed by atoms with Crippen LogP contribution in [0.2, 0.25) is 0 Å². The van der Waals surface area contributed by atoms with Crippen molar-refractivity contribution in [2.45, 2.75) is 19.9 Å². The summed E-state index contributed by atoms with van der Waals surface area (Å²) in [7, 11) is 2.83. The number of carbonyl (C=O) groups is 2. The molecular formula is C19H19ClN4O6. The summed E-state index contributed by atoms with van der Waals surface area (Å²) in [6.07, 6.45) is 0. The third kappa shape index (κ3) is 5.09. The number of nitrogens with zero attached hydrogens (tertiary/aromatic N) is 4. The van der Waals surface area contributed by atoms with Gasteiger partial charge in [-0.25, -0.2) is 4.42 Å². The van der Waals surface area contributed by atoms with Gasteiger partial charge in [-0.1, -0.05) is 6.07 Å². The minimum Gasteiger partial charge on any atom is -0.497 e. The Kier molecular flexibility index (Phi) is 7.43. The number of hydrogen-bond donors (Lipinski definition) is 0. The van der Waals surface area contributed by atoms with E-state index in [0.29, 0.717) is 15.7 Å². The van der Waals surface area contributed by atoms with Gasteiger partial charge in [0.15, 0.2) is 11.5 Å². The van der Waals surface area contributed by atoms with Crippen LogP contribution in [0, 0.1) is 17.0 Å². The molecular weight excluding hydrogens is 416 g/mol. The highest BCUT2D eigenvalue weighted by atomic mass is 35.5. The lowest BCUT2D eigenvalue weighted by molar-refractivity contribution is -0.384. The number of hydrogen-bond acceptors (Lipinski definition) is 8. The first-order chi connectivity index (χ1) is 14.2. The molecule has 0 spiro atoms. The second-order valence-electron chi connectivity index (χ2n) is 6.13. The Morgan fingerprint density at radius 1 is 1.17 bits per heavy atom. The van der Waals surface area contributed by atoms with E-state index in [1.54, 1.807) is 19.1 Å². The number of carbonyl (C=O) groups excluding carboxylic acids is 2. The van der Waals surface area contributed by atoms with Crippen molar-refractivity contribution < 1.29 is 24.0 Å². The number of nitro benzene ring substituents is 1. The first-order valence-electron chi connectivity index (χ1n) is 8.57. The molecule has 0 N–H and O–H groups in total. The number of azo groups is 1. The fourth-order valence-electron chi connectivity index (χ4n) is 2.47. The van der Waals surface area contributed by atoms with E-state index >= 15 is 0 Å². The number of benzene rings is 2. The molecule has 0 heterocycles. The van der Waals surface area contributed by atoms with Gasteiger partial charge >= 0.3 is 0 Å². The zero-order valence-electron chi connectivity index (χ0n) is 16.7. The monoisotopic (exact) mass is 434 g/mol. The van der Waals surface area contributed by atoms with Crippen LogP contribution >= 0.6 is 11.8 Å². The first-order valence-corrected chi connectivity index (χ1v) is 8.91. The van der Waals surface area contributed by atoms with Gasteiger partial charge < -0.3 is 9.47 Å². The van der Waals surface area contributed by atoms with Crippen molar-refractivity contribution in [3.8, 4) is 11.5 Å². The summed E-state index contributed by atoms with van der Waals surface area (Å²) in [5.74, 6) is -0.895. The van der Waals surface area contributed by atoms with E-state index in [-0.39, 0.29) is 22.8 Å². The topological polar surface area (TPSA) is 124 Å². The SMILES string of the molecule is COc1ccc(OC)c(N(Cl)C(=O)C(N=Nc2ccc(C)cc2[N+](=O)[O-])C(C)=O)c1. The predicted octanol–water partition coefficient (Wildman–Crippen LogP) is 4.15. The summed E-state index contributed by atoms with van der Waals surface area (Å²) in [6.45, 7) is 2.82. The van der Waals surface area contributed by atoms with Gasteiger partial charge in [-0.2, -0.15) is 5.11 Å². The zero-order valence-corrected chi connectivity index (χ0v) is 17.4. The molecule has 1 atom stereocenters. The second kappa shape index (κ2) is 9.79. The van der Waals surface area contributed by atoms with Gasteiger partial charge in [-0.05, 0) is 37.6 Å². The number of Topliss-reactive ketones (excluding diaryl/α,β-unsaturated/α-hetero) is 1. The fourth-order valence-corrected chi connectivity index (χ4v) is 2.69. The summed E-state index contributed by atoms with van der Waals surface area (Å²) in [6, 6.07) is 7.27. The first kappa shape index (κ1) is 22.8. The zero-order chi connectivity index (χ0) is 22.4. The number of methoxy groups -OCH3 is 2. The van der Waals surface area contributed by atoms with Crippen molar-refractivity contribution in [3.05, 3.63) is 52.1 Å². The van der Waals surface area contributed by atoms with Crippen LogP contribution in [-0.4, -0.2) is 36.9 Å². The maximum atomic E-state index is 12.8. The Morgan fingerprint density at radius 3 is 2.43 bits per heavy atom. The van der Waals surface area contributed by atoms with Gasteiger partial charge in [0.25, 0.3) is 11.6 Å². The maximum absolute atomic E-state index is 12.8. The van der Waals surface area contributed by atoms with Gasteiger partial charge in [0, 0.05) is 23.9 Å². The Hall–Kier alpha value is -3.53. The average Bonchev–Trinajstić information content (AvgIpc) is 2.73. The van der Waals surface area contributed by atoms with E-state index in [0.717, 1.165) is 6.92 Å². The van der Waals surface area contributed by atoms with Crippen LogP contribution < -0.4 is 13.9 Å². The van der Waals surface area contributed by atoms with E-state index < -0.39 is 22.7 Å². The number of nitro groups is 1. The molecule has 11 heteroatoms. The quantitative estimate of drug-likeness (QED) is 0.202. The van der Waals surface area contributed by atoms with E-state index in [1.165, 1.54) is 38.5 Å². The molecule has 0 saturated carbocycles. The highest BCUT2D eigenvalue weighted by molar-refractivity contribution is 6.39. The predicted molar refractivity (Wildman–Crippen MR) is 110 cm³/mol. The summed E-state index contributed by atoms with van der Waals surface area (Å²) in [5.41, 5.74) is 0.388. The van der Waals surface area contributed by atoms with Gasteiger partial charge in [0.05, 0.1) is 19.1 Å². The summed E-state index contributed by atoms with van der Waals surface area (Å²) >= 11 is 6.18. The number of ether oxygens (including phenoxy) is 2. The molecule has 0 saturated heterocycles. The van der Waals surface area contributed by atoms with Crippen LogP contribution in [0.4, 0.5) is 17.1 Å². The maximum Gasteiger partial charge on any atom is 0.296 e. The van der Waals surface area contributed by atoms with Gasteiger partial charge in [-0.3, -0.25) is 19.7 Å². The van der Waals surface area contributed by atoms with Gasteiger partial charge in [-0.15, -0.1) is 5.11 Å². The molecule has 30 heavy (non-hydrogen) atoms. The minimum absolute atomic E-state index is 0.0928. The molecule has 2 aromatic carbocycles. The van der Waals surface area contributed by atoms with Crippen LogP contribution in [-0.2, 0) is 9.59 Å². The van der Waals surface area contributed by atoms with E-state index in [1.807, 2.05) is 0 Å². The van der Waals surface area contributed by atoms with E-state index in [4.69, 9.17) is 21.3 Å². The molecule has 1 unspecified atom stereocenters. The summed E-state index contributed by atoms with van der Waals surface area (Å²) < 4.78 is 11.0. The largest absolute Gasteiger partial charge is 0.497 e. The Balaban J connectivity index is 2.40. The lowest BCUT2D eigenvalue weighted by atomic mass is 10.2. The molecule has 2 rings (SSSR count). The van der Waals surface area contributed by atoms with Crippen LogP contribution in [0.3, 0.4) is 0 Å². The molecule has 0 aliphatic heterocycles. The third-order valence-electron chi connectivity index (χ3n) is 4.02. The highest BCUT2D eigenvalue weighted by Crippen LogP contribution is 2.34. The Morgan fingerprint density at radius 2 is 1.87 bits per heavy atom. The normalized spacial score (nSPS) is 11.8. The van der Waals surface area contributed by atoms with E-state index in [9.17, 15) is 19.7 Å². The molecule has 0 fully saturated rings. The van der Waals surface area contributed by atoms with Crippen molar-refractivity contribution in [3.63, 3.8) is 0 Å². The molecule has 2 aromatic rings. The number of rotatable bonds is 8. The molecule has 0 aliphatic carbocycles. The summed E-state index contributed by atoms with van der Waals surface area (Å²) in [4.78, 5) is 35.5. The molecule has 0 aliphatic rings. The standard InChI is InChI=1S/C19H19ClN4O6/c1-11-5-7-14(15(9-11)24(27)28)21-22-18(12(2)25)19(26)23(20)16-10-13(29-3)6-8-17(16)30-4/h5-10,18H,1-4H3. The Bertz CT molecular complexity index is 1010. The molecule has 10 nitrogen and oxygen atoms in total. The van der Waals surface area contributed by atoms with Gasteiger partial charge in [0.2, 0.25) is 6.04 Å². The van der Waals surface area contributed by atoms with Crippen LogP contribution in [0.15, 0.2) is 46.6 Å². The lowest BCUT2D eigenvalue weighted by Gasteiger charge is -2.19. The lowest BCUT2D eigenvalue weighted by Crippen LogP contribution is -2.36. The second-order valence-corrected chi connectivity index (χ2v) is 6.47. The average molecular weight is 435 g/mol. The number of halogens is 1. The van der Waals surface area contributed by atoms with Crippen molar-refractivity contribution in [2.24, 2.45) is 10.2 Å². The number of amides is 1. The fraction of sp³-hybridized carbons (Fsp3) is 0.263. The third-order valence-corrected chi connectivity index (χ3v) is 4.37. The van der Waals surface area contributed by atoms with E-state index in [2.05, 4.69) is 10.2 Å². The number of ketones is 1. The number of anilines is 1. The van der Waals surface area contributed by atoms with Crippen molar-refractivity contribution in [2.75, 3.05) is 18.6 Å². The highest BCUT2D eigenvalue weighted by Gasteiger charge is 2.31. The van der Waals surface area contributed by atoms with Crippen molar-refractivity contribution in [1.82, 2.24) is 0 Å². The van der Waals surface area contributed by atoms with Crippen molar-refractivity contribution >= 4 is 40.5 Å². The molecule has 0 radical (unpaired) electrons. The minimum atomic E-state index is -1.61. The number of aryl methyl sites for hydroxylation is 1. The smallest absolute Gasteiger partial charge is 0.296 e. The summed E-state index contributed by atoms with van der Waals surface area (Å²) in [5, 5.41) is 18.7. The van der Waals surface area contributed by atoms with Crippen LogP contribution in [0.25, 0.3) is 0 Å². The molecule has 0 aromatic heterocycles. The Labute approximate surface area is 177 Å². The molecule has 1 amide bonds. The van der Waals surface area contributed by atoms with Gasteiger partial charge in [0.1, 0.15) is 17.2 Å². The van der Waals surface area contributed by atoms with Crippen LogP contribution in [0.1, 0.15) is 12.5 Å². The molecule has 158 valence electrons. The molecule has 0 bridgehead atoms. The van der Waals surface area contributed by atoms with Crippen LogP contribution in [0.5, 0.6) is 11.5 Å².